The number of hydrogen-bond acceptors (Lipinski definition) is 6. The Bertz CT molecular complexity index is 517. The van der Waals surface area contributed by atoms with Crippen molar-refractivity contribution in [2.45, 2.75) is 45.2 Å². The first-order chi connectivity index (χ1) is 10.7. The van der Waals surface area contributed by atoms with E-state index in [4.69, 9.17) is 5.11 Å². The third-order valence-electron chi connectivity index (χ3n) is 3.46. The molecule has 2 N–H and O–H groups in total. The van der Waals surface area contributed by atoms with Crippen molar-refractivity contribution >= 4 is 29.5 Å². The van der Waals surface area contributed by atoms with Gasteiger partial charge in [0.2, 0.25) is 11.8 Å². The van der Waals surface area contributed by atoms with E-state index in [0.29, 0.717) is 19.4 Å². The Morgan fingerprint density at radius 3 is 2.43 bits per heavy atom. The molecule has 1 saturated heterocycles. The second-order valence-electron chi connectivity index (χ2n) is 5.28. The van der Waals surface area contributed by atoms with Gasteiger partial charge in [-0.05, 0) is 12.8 Å². The minimum Gasteiger partial charge on any atom is -0.481 e. The van der Waals surface area contributed by atoms with Crippen LogP contribution in [-0.4, -0.2) is 64.8 Å². The van der Waals surface area contributed by atoms with Gasteiger partial charge < -0.3 is 20.1 Å². The molecule has 1 aliphatic rings. The van der Waals surface area contributed by atoms with E-state index in [2.05, 4.69) is 10.1 Å². The highest BCUT2D eigenvalue weighted by molar-refractivity contribution is 5.95. The number of aliphatic carboxylic acids is 1. The first-order valence-electron chi connectivity index (χ1n) is 7.17. The number of nitrogens with one attached hydrogen (secondary N) is 1. The van der Waals surface area contributed by atoms with Crippen molar-refractivity contribution in [1.82, 2.24) is 10.2 Å². The van der Waals surface area contributed by atoms with Gasteiger partial charge in [0.25, 0.3) is 0 Å². The molecule has 0 bridgehead atoms. The van der Waals surface area contributed by atoms with E-state index >= 15 is 0 Å². The van der Waals surface area contributed by atoms with Crippen LogP contribution in [0.4, 0.5) is 0 Å². The SMILES string of the molecule is CC(=O)OCC(=O)C(CC(=O)O)NC(=O)C1CCCN1C(C)=O. The zero-order chi connectivity index (χ0) is 17.6. The molecule has 9 heteroatoms. The fourth-order valence-corrected chi connectivity index (χ4v) is 2.38. The highest BCUT2D eigenvalue weighted by atomic mass is 16.5. The van der Waals surface area contributed by atoms with Gasteiger partial charge in [0.05, 0.1) is 6.42 Å². The first-order valence-corrected chi connectivity index (χ1v) is 7.17. The van der Waals surface area contributed by atoms with E-state index in [9.17, 15) is 24.0 Å². The van der Waals surface area contributed by atoms with Gasteiger partial charge in [0, 0.05) is 20.4 Å². The Labute approximate surface area is 133 Å². The van der Waals surface area contributed by atoms with Gasteiger partial charge in [-0.25, -0.2) is 0 Å². The number of likely N-dealkylation sites (tertiary alicyclic amines) is 1. The van der Waals surface area contributed by atoms with E-state index < -0.39 is 48.7 Å². The number of carboxylic acids is 1. The van der Waals surface area contributed by atoms with Crippen molar-refractivity contribution in [3.8, 4) is 0 Å². The summed E-state index contributed by atoms with van der Waals surface area (Å²) in [5.74, 6) is -3.52. The van der Waals surface area contributed by atoms with Crippen molar-refractivity contribution in [3.63, 3.8) is 0 Å². The molecule has 0 spiro atoms. The molecule has 0 aromatic carbocycles. The van der Waals surface area contributed by atoms with Gasteiger partial charge in [-0.15, -0.1) is 0 Å². The number of amides is 2. The quantitative estimate of drug-likeness (QED) is 0.578. The molecule has 128 valence electrons. The summed E-state index contributed by atoms with van der Waals surface area (Å²) in [5.41, 5.74) is 0. The van der Waals surface area contributed by atoms with Crippen LogP contribution in [0.3, 0.4) is 0 Å². The van der Waals surface area contributed by atoms with E-state index in [1.54, 1.807) is 0 Å². The summed E-state index contributed by atoms with van der Waals surface area (Å²) >= 11 is 0. The van der Waals surface area contributed by atoms with E-state index in [1.165, 1.54) is 11.8 Å². The van der Waals surface area contributed by atoms with Gasteiger partial charge in [-0.1, -0.05) is 0 Å². The summed E-state index contributed by atoms with van der Waals surface area (Å²) in [5, 5.41) is 11.2. The number of carboxylic acid groups (broad SMARTS) is 1. The molecule has 0 aliphatic carbocycles. The Kier molecular flexibility index (Phi) is 6.67. The third-order valence-corrected chi connectivity index (χ3v) is 3.46. The van der Waals surface area contributed by atoms with E-state index in [-0.39, 0.29) is 5.91 Å². The minimum absolute atomic E-state index is 0.260. The van der Waals surface area contributed by atoms with Gasteiger partial charge >= 0.3 is 11.9 Å². The summed E-state index contributed by atoms with van der Waals surface area (Å²) in [6, 6.07) is -2.03. The smallest absolute Gasteiger partial charge is 0.305 e. The van der Waals surface area contributed by atoms with Crippen molar-refractivity contribution in [2.75, 3.05) is 13.2 Å². The molecule has 1 heterocycles. The topological polar surface area (TPSA) is 130 Å². The summed E-state index contributed by atoms with van der Waals surface area (Å²) in [7, 11) is 0. The number of carbonyl (C=O) groups is 5. The standard InChI is InChI=1S/C14H20N2O7/c1-8(17)16-5-3-4-11(16)14(22)15-10(6-13(20)21)12(19)7-23-9(2)18/h10-11H,3-7H2,1-2H3,(H,15,22)(H,20,21). The highest BCUT2D eigenvalue weighted by Crippen LogP contribution is 2.17. The van der Waals surface area contributed by atoms with E-state index in [0.717, 1.165) is 6.92 Å². The van der Waals surface area contributed by atoms with Crippen LogP contribution in [0.5, 0.6) is 0 Å². The number of hydrogen-bond donors (Lipinski definition) is 2. The predicted octanol–water partition coefficient (Wildman–Crippen LogP) is -0.911. The molecule has 1 aliphatic heterocycles. The zero-order valence-electron chi connectivity index (χ0n) is 13.0. The maximum atomic E-state index is 12.2. The molecule has 1 fully saturated rings. The molecule has 9 nitrogen and oxygen atoms in total. The summed E-state index contributed by atoms with van der Waals surface area (Å²) < 4.78 is 4.54. The van der Waals surface area contributed by atoms with Crippen molar-refractivity contribution in [2.24, 2.45) is 0 Å². The van der Waals surface area contributed by atoms with Crippen molar-refractivity contribution in [3.05, 3.63) is 0 Å². The lowest BCUT2D eigenvalue weighted by Crippen LogP contribution is -2.51. The Morgan fingerprint density at radius 1 is 1.26 bits per heavy atom. The van der Waals surface area contributed by atoms with Crippen molar-refractivity contribution in [1.29, 1.82) is 0 Å². The number of esters is 1. The lowest BCUT2D eigenvalue weighted by Gasteiger charge is -2.24. The molecule has 0 aromatic heterocycles. The predicted molar refractivity (Wildman–Crippen MR) is 76.2 cm³/mol. The monoisotopic (exact) mass is 328 g/mol. The number of nitrogens with zero attached hydrogens (tertiary/aromatic N) is 1. The van der Waals surface area contributed by atoms with Crippen LogP contribution in [0, 0.1) is 0 Å². The highest BCUT2D eigenvalue weighted by Gasteiger charge is 2.35. The molecule has 2 amide bonds. The average Bonchev–Trinajstić information content (AvgIpc) is 2.93. The number of rotatable bonds is 7. The molecule has 0 saturated carbocycles. The van der Waals surface area contributed by atoms with Crippen LogP contribution in [0.25, 0.3) is 0 Å². The normalized spacial score (nSPS) is 18.2. The van der Waals surface area contributed by atoms with Crippen LogP contribution in [0.15, 0.2) is 0 Å². The summed E-state index contributed by atoms with van der Waals surface area (Å²) in [6.45, 7) is 2.28. The van der Waals surface area contributed by atoms with Gasteiger partial charge in [-0.2, -0.15) is 0 Å². The Hall–Kier alpha value is -2.45. The largest absolute Gasteiger partial charge is 0.481 e. The van der Waals surface area contributed by atoms with Crippen LogP contribution in [-0.2, 0) is 28.7 Å². The maximum absolute atomic E-state index is 12.2. The van der Waals surface area contributed by atoms with Crippen LogP contribution in [0.1, 0.15) is 33.1 Å². The van der Waals surface area contributed by atoms with Crippen LogP contribution >= 0.6 is 0 Å². The van der Waals surface area contributed by atoms with E-state index in [1.807, 2.05) is 0 Å². The molecule has 0 aromatic rings. The second-order valence-corrected chi connectivity index (χ2v) is 5.28. The molecule has 2 atom stereocenters. The van der Waals surface area contributed by atoms with Gasteiger partial charge in [0.1, 0.15) is 12.1 Å². The molecular weight excluding hydrogens is 308 g/mol. The van der Waals surface area contributed by atoms with Crippen LogP contribution in [0.2, 0.25) is 0 Å². The number of Topliss-reactive ketones (excluding diaryl/α,β-unsaturated/α-hetero) is 1. The van der Waals surface area contributed by atoms with Gasteiger partial charge in [-0.3, -0.25) is 24.0 Å². The Balaban J connectivity index is 2.73. The second kappa shape index (κ2) is 8.25. The lowest BCUT2D eigenvalue weighted by molar-refractivity contribution is -0.148. The van der Waals surface area contributed by atoms with Gasteiger partial charge in [0.15, 0.2) is 12.4 Å². The number of ether oxygens (including phenoxy) is 1. The Morgan fingerprint density at radius 2 is 1.91 bits per heavy atom. The third kappa shape index (κ3) is 5.68. The molecular formula is C14H20N2O7. The minimum atomic E-state index is -1.31. The lowest BCUT2D eigenvalue weighted by atomic mass is 10.1. The number of carbonyl (C=O) groups excluding carboxylic acids is 4. The average molecular weight is 328 g/mol. The van der Waals surface area contributed by atoms with Crippen LogP contribution < -0.4 is 5.32 Å². The summed E-state index contributed by atoms with van der Waals surface area (Å²) in [4.78, 5) is 58.6. The maximum Gasteiger partial charge on any atom is 0.305 e. The fourth-order valence-electron chi connectivity index (χ4n) is 2.38. The fraction of sp³-hybridized carbons (Fsp3) is 0.643. The summed E-state index contributed by atoms with van der Waals surface area (Å²) in [6.07, 6.45) is 0.477. The molecule has 23 heavy (non-hydrogen) atoms. The zero-order valence-corrected chi connectivity index (χ0v) is 13.0. The molecule has 1 rings (SSSR count). The molecule has 2 unspecified atom stereocenters. The van der Waals surface area contributed by atoms with Crippen molar-refractivity contribution < 1.29 is 33.8 Å². The number of ketones is 1. The molecule has 0 radical (unpaired) electrons. The first kappa shape index (κ1) is 18.6.